The molecule has 0 amide bonds. The molecule has 3 nitrogen and oxygen atoms in total. The van der Waals surface area contributed by atoms with Crippen molar-refractivity contribution in [2.45, 2.75) is 26.8 Å². The Morgan fingerprint density at radius 2 is 2.05 bits per heavy atom. The van der Waals surface area contributed by atoms with Crippen LogP contribution in [0.4, 0.5) is 10.1 Å². The summed E-state index contributed by atoms with van der Waals surface area (Å²) in [5.74, 6) is 0.493. The Balaban J connectivity index is 2.33. The molecule has 3 aromatic rings. The summed E-state index contributed by atoms with van der Waals surface area (Å²) >= 11 is 0. The Hall–Kier alpha value is -2.36. The lowest BCUT2D eigenvalue weighted by Crippen LogP contribution is -2.01. The number of fused-ring (bicyclic) bond motifs is 1. The number of rotatable bonds is 3. The molecule has 4 heteroatoms. The van der Waals surface area contributed by atoms with E-state index in [2.05, 4.69) is 16.5 Å². The standard InChI is InChI=1S/C17H18FN3/c1-3-9-21-15-6-4-5-14(18)16(15)20-17(21)13-10-12(19)8-7-11(13)2/h4-8,10H,3,9,19H2,1-2H3. The quantitative estimate of drug-likeness (QED) is 0.734. The Labute approximate surface area is 123 Å². The molecule has 1 aromatic heterocycles. The van der Waals surface area contributed by atoms with Crippen molar-refractivity contribution in [3.05, 3.63) is 47.8 Å². The van der Waals surface area contributed by atoms with Crippen molar-refractivity contribution >= 4 is 16.7 Å². The largest absolute Gasteiger partial charge is 0.399 e. The summed E-state index contributed by atoms with van der Waals surface area (Å²) < 4.78 is 16.1. The van der Waals surface area contributed by atoms with E-state index in [0.717, 1.165) is 35.4 Å². The van der Waals surface area contributed by atoms with E-state index < -0.39 is 0 Å². The minimum absolute atomic E-state index is 0.287. The minimum atomic E-state index is -0.287. The first-order chi connectivity index (χ1) is 10.1. The topological polar surface area (TPSA) is 43.8 Å². The zero-order chi connectivity index (χ0) is 15.0. The van der Waals surface area contributed by atoms with Crippen LogP contribution >= 0.6 is 0 Å². The van der Waals surface area contributed by atoms with Crippen molar-refractivity contribution in [1.29, 1.82) is 0 Å². The third-order valence-electron chi connectivity index (χ3n) is 3.68. The van der Waals surface area contributed by atoms with E-state index in [1.165, 1.54) is 6.07 Å². The molecule has 108 valence electrons. The number of aromatic nitrogens is 2. The van der Waals surface area contributed by atoms with Gasteiger partial charge in [0.25, 0.3) is 0 Å². The Morgan fingerprint density at radius 3 is 2.81 bits per heavy atom. The summed E-state index contributed by atoms with van der Waals surface area (Å²) in [6, 6.07) is 10.8. The summed E-state index contributed by atoms with van der Waals surface area (Å²) in [5.41, 5.74) is 9.87. The number of halogens is 1. The predicted molar refractivity (Wildman–Crippen MR) is 84.6 cm³/mol. The molecule has 0 atom stereocenters. The normalized spacial score (nSPS) is 11.2. The fourth-order valence-corrected chi connectivity index (χ4v) is 2.65. The number of imidazole rings is 1. The van der Waals surface area contributed by atoms with E-state index >= 15 is 0 Å². The van der Waals surface area contributed by atoms with Gasteiger partial charge in [0.15, 0.2) is 5.82 Å². The first kappa shape index (κ1) is 13.6. The average molecular weight is 283 g/mol. The van der Waals surface area contributed by atoms with Crippen molar-refractivity contribution in [1.82, 2.24) is 9.55 Å². The molecule has 0 saturated heterocycles. The van der Waals surface area contributed by atoms with E-state index in [4.69, 9.17) is 5.73 Å². The zero-order valence-corrected chi connectivity index (χ0v) is 12.2. The number of para-hydroxylation sites is 1. The molecule has 0 fully saturated rings. The van der Waals surface area contributed by atoms with Crippen molar-refractivity contribution in [2.75, 3.05) is 5.73 Å². The molecule has 0 saturated carbocycles. The number of aryl methyl sites for hydroxylation is 2. The van der Waals surface area contributed by atoms with Gasteiger partial charge >= 0.3 is 0 Å². The van der Waals surface area contributed by atoms with E-state index in [0.29, 0.717) is 11.2 Å². The van der Waals surface area contributed by atoms with Gasteiger partial charge in [0.2, 0.25) is 0 Å². The SMILES string of the molecule is CCCn1c(-c2cc(N)ccc2C)nc2c(F)cccc21. The maximum Gasteiger partial charge on any atom is 0.151 e. The van der Waals surface area contributed by atoms with E-state index in [1.807, 2.05) is 31.2 Å². The molecule has 0 aliphatic carbocycles. The van der Waals surface area contributed by atoms with E-state index in [1.54, 1.807) is 6.07 Å². The number of hydrogen-bond acceptors (Lipinski definition) is 2. The first-order valence-corrected chi connectivity index (χ1v) is 7.13. The minimum Gasteiger partial charge on any atom is -0.399 e. The lowest BCUT2D eigenvalue weighted by molar-refractivity contribution is 0.637. The van der Waals surface area contributed by atoms with Crippen LogP contribution in [0.3, 0.4) is 0 Å². The third-order valence-corrected chi connectivity index (χ3v) is 3.68. The highest BCUT2D eigenvalue weighted by Gasteiger charge is 2.16. The molecule has 0 unspecified atom stereocenters. The average Bonchev–Trinajstić information content (AvgIpc) is 2.82. The second-order valence-corrected chi connectivity index (χ2v) is 5.27. The van der Waals surface area contributed by atoms with Gasteiger partial charge in [-0.05, 0) is 43.2 Å². The maximum absolute atomic E-state index is 14.0. The second-order valence-electron chi connectivity index (χ2n) is 5.27. The van der Waals surface area contributed by atoms with Gasteiger partial charge in [0.05, 0.1) is 5.52 Å². The number of anilines is 1. The van der Waals surface area contributed by atoms with Crippen LogP contribution in [0.2, 0.25) is 0 Å². The molecule has 3 rings (SSSR count). The van der Waals surface area contributed by atoms with Gasteiger partial charge in [-0.1, -0.05) is 19.1 Å². The van der Waals surface area contributed by atoms with Gasteiger partial charge in [0.1, 0.15) is 11.3 Å². The van der Waals surface area contributed by atoms with Gasteiger partial charge < -0.3 is 10.3 Å². The van der Waals surface area contributed by atoms with E-state index in [9.17, 15) is 4.39 Å². The number of nitrogens with zero attached hydrogens (tertiary/aromatic N) is 2. The lowest BCUT2D eigenvalue weighted by Gasteiger charge is -2.10. The van der Waals surface area contributed by atoms with Gasteiger partial charge in [-0.2, -0.15) is 0 Å². The fourth-order valence-electron chi connectivity index (χ4n) is 2.65. The highest BCUT2D eigenvalue weighted by Crippen LogP contribution is 2.30. The first-order valence-electron chi connectivity index (χ1n) is 7.13. The molecule has 0 aliphatic heterocycles. The Morgan fingerprint density at radius 1 is 1.24 bits per heavy atom. The highest BCUT2D eigenvalue weighted by molar-refractivity contribution is 5.82. The predicted octanol–water partition coefficient (Wildman–Crippen LogP) is 4.14. The summed E-state index contributed by atoms with van der Waals surface area (Å²) in [7, 11) is 0. The van der Waals surface area contributed by atoms with Gasteiger partial charge in [-0.3, -0.25) is 0 Å². The van der Waals surface area contributed by atoms with Gasteiger partial charge in [-0.25, -0.2) is 9.37 Å². The molecule has 0 spiro atoms. The third kappa shape index (κ3) is 2.27. The summed E-state index contributed by atoms with van der Waals surface area (Å²) in [6.45, 7) is 4.91. The van der Waals surface area contributed by atoms with Gasteiger partial charge in [0, 0.05) is 17.8 Å². The fraction of sp³-hybridized carbons (Fsp3) is 0.235. The van der Waals surface area contributed by atoms with Crippen LogP contribution in [-0.4, -0.2) is 9.55 Å². The molecular formula is C17H18FN3. The van der Waals surface area contributed by atoms with Crippen molar-refractivity contribution in [3.63, 3.8) is 0 Å². The van der Waals surface area contributed by atoms with Crippen LogP contribution in [0.25, 0.3) is 22.4 Å². The van der Waals surface area contributed by atoms with Crippen LogP contribution in [-0.2, 0) is 6.54 Å². The van der Waals surface area contributed by atoms with E-state index in [-0.39, 0.29) is 5.82 Å². The summed E-state index contributed by atoms with van der Waals surface area (Å²) in [5, 5.41) is 0. The molecule has 2 aromatic carbocycles. The van der Waals surface area contributed by atoms with Crippen molar-refractivity contribution in [2.24, 2.45) is 0 Å². The zero-order valence-electron chi connectivity index (χ0n) is 12.2. The highest BCUT2D eigenvalue weighted by atomic mass is 19.1. The van der Waals surface area contributed by atoms with Crippen LogP contribution < -0.4 is 5.73 Å². The second kappa shape index (κ2) is 5.20. The molecule has 0 bridgehead atoms. The molecular weight excluding hydrogens is 265 g/mol. The monoisotopic (exact) mass is 283 g/mol. The van der Waals surface area contributed by atoms with Crippen LogP contribution in [0.15, 0.2) is 36.4 Å². The Kier molecular flexibility index (Phi) is 3.37. The molecule has 0 radical (unpaired) electrons. The molecule has 1 heterocycles. The van der Waals surface area contributed by atoms with Crippen LogP contribution in [0.5, 0.6) is 0 Å². The number of hydrogen-bond donors (Lipinski definition) is 1. The van der Waals surface area contributed by atoms with Crippen molar-refractivity contribution < 1.29 is 4.39 Å². The summed E-state index contributed by atoms with van der Waals surface area (Å²) in [4.78, 5) is 4.54. The van der Waals surface area contributed by atoms with Crippen LogP contribution in [0, 0.1) is 12.7 Å². The smallest absolute Gasteiger partial charge is 0.151 e. The van der Waals surface area contributed by atoms with Crippen LogP contribution in [0.1, 0.15) is 18.9 Å². The maximum atomic E-state index is 14.0. The molecule has 2 N–H and O–H groups in total. The number of benzene rings is 2. The van der Waals surface area contributed by atoms with Gasteiger partial charge in [-0.15, -0.1) is 0 Å². The lowest BCUT2D eigenvalue weighted by atomic mass is 10.1. The molecule has 21 heavy (non-hydrogen) atoms. The van der Waals surface area contributed by atoms with Crippen molar-refractivity contribution in [3.8, 4) is 11.4 Å². The molecule has 0 aliphatic rings. The Bertz CT molecular complexity index is 805. The summed E-state index contributed by atoms with van der Waals surface area (Å²) in [6.07, 6.45) is 0.955. The number of nitrogens with two attached hydrogens (primary N) is 1. The number of nitrogen functional groups attached to an aromatic ring is 1.